The highest BCUT2D eigenvalue weighted by atomic mass is 16.3. The van der Waals surface area contributed by atoms with Crippen molar-refractivity contribution in [3.63, 3.8) is 0 Å². The topological polar surface area (TPSA) is 71.3 Å². The van der Waals surface area contributed by atoms with Crippen LogP contribution < -0.4 is 10.6 Å². The molecule has 0 aliphatic heterocycles. The van der Waals surface area contributed by atoms with Crippen LogP contribution in [-0.2, 0) is 11.3 Å². The van der Waals surface area contributed by atoms with Crippen molar-refractivity contribution < 1.29 is 14.0 Å². The van der Waals surface area contributed by atoms with Crippen LogP contribution in [0, 0.1) is 0 Å². The number of carbonyl (C=O) groups is 2. The summed E-state index contributed by atoms with van der Waals surface area (Å²) in [5.41, 5.74) is 1.61. The first-order valence-electron chi connectivity index (χ1n) is 6.53. The summed E-state index contributed by atoms with van der Waals surface area (Å²) in [6.07, 6.45) is 4.60. The maximum atomic E-state index is 11.8. The van der Waals surface area contributed by atoms with Gasteiger partial charge in [-0.15, -0.1) is 0 Å². The fourth-order valence-electron chi connectivity index (χ4n) is 1.71. The standard InChI is InChI=1S/C16H16N2O3/c1-2-4-15(19)17-11-12-6-8-13(9-7-12)18-16(20)14-5-3-10-21-14/h2-10H,11H2,1H3,(H,17,19)(H,18,20)/b4-2+. The summed E-state index contributed by atoms with van der Waals surface area (Å²) in [7, 11) is 0. The largest absolute Gasteiger partial charge is 0.459 e. The highest BCUT2D eigenvalue weighted by molar-refractivity contribution is 6.02. The minimum absolute atomic E-state index is 0.132. The number of nitrogens with one attached hydrogen (secondary N) is 2. The van der Waals surface area contributed by atoms with Gasteiger partial charge in [-0.2, -0.15) is 0 Å². The molecular formula is C16H16N2O3. The molecule has 0 aliphatic carbocycles. The Labute approximate surface area is 122 Å². The van der Waals surface area contributed by atoms with Crippen molar-refractivity contribution in [1.29, 1.82) is 0 Å². The maximum absolute atomic E-state index is 11.8. The fraction of sp³-hybridized carbons (Fsp3) is 0.125. The number of benzene rings is 1. The molecule has 0 atom stereocenters. The Morgan fingerprint density at radius 2 is 1.95 bits per heavy atom. The zero-order valence-electron chi connectivity index (χ0n) is 11.6. The third kappa shape index (κ3) is 4.35. The van der Waals surface area contributed by atoms with E-state index in [9.17, 15) is 9.59 Å². The molecule has 0 aliphatic rings. The zero-order chi connectivity index (χ0) is 15.1. The lowest BCUT2D eigenvalue weighted by atomic mass is 10.2. The lowest BCUT2D eigenvalue weighted by molar-refractivity contribution is -0.116. The van der Waals surface area contributed by atoms with Crippen LogP contribution in [0.2, 0.25) is 0 Å². The molecule has 0 unspecified atom stereocenters. The van der Waals surface area contributed by atoms with Crippen molar-refractivity contribution in [3.05, 3.63) is 66.1 Å². The van der Waals surface area contributed by atoms with Gasteiger partial charge in [-0.05, 0) is 42.8 Å². The van der Waals surface area contributed by atoms with E-state index < -0.39 is 0 Å². The molecule has 0 saturated heterocycles. The average Bonchev–Trinajstić information content (AvgIpc) is 3.01. The molecule has 5 heteroatoms. The Morgan fingerprint density at radius 3 is 2.57 bits per heavy atom. The van der Waals surface area contributed by atoms with E-state index in [1.54, 1.807) is 37.3 Å². The van der Waals surface area contributed by atoms with Gasteiger partial charge in [0.2, 0.25) is 5.91 Å². The Balaban J connectivity index is 1.90. The van der Waals surface area contributed by atoms with Crippen LogP contribution in [0.25, 0.3) is 0 Å². The van der Waals surface area contributed by atoms with Crippen molar-refractivity contribution in [2.24, 2.45) is 0 Å². The van der Waals surface area contributed by atoms with E-state index in [-0.39, 0.29) is 17.6 Å². The minimum atomic E-state index is -0.297. The molecule has 2 rings (SSSR count). The molecule has 0 fully saturated rings. The van der Waals surface area contributed by atoms with Crippen molar-refractivity contribution in [1.82, 2.24) is 5.32 Å². The molecule has 108 valence electrons. The smallest absolute Gasteiger partial charge is 0.291 e. The van der Waals surface area contributed by atoms with Crippen LogP contribution in [0.3, 0.4) is 0 Å². The Hall–Kier alpha value is -2.82. The summed E-state index contributed by atoms with van der Waals surface area (Å²) in [5.74, 6) is -0.167. The zero-order valence-corrected chi connectivity index (χ0v) is 11.6. The van der Waals surface area contributed by atoms with Crippen molar-refractivity contribution in [2.75, 3.05) is 5.32 Å². The van der Waals surface area contributed by atoms with Gasteiger partial charge in [-0.3, -0.25) is 9.59 Å². The second-order valence-electron chi connectivity index (χ2n) is 4.35. The quantitative estimate of drug-likeness (QED) is 0.829. The second-order valence-corrected chi connectivity index (χ2v) is 4.35. The molecule has 1 aromatic heterocycles. The molecular weight excluding hydrogens is 268 g/mol. The minimum Gasteiger partial charge on any atom is -0.459 e. The number of furan rings is 1. The molecule has 1 heterocycles. The summed E-state index contributed by atoms with van der Waals surface area (Å²) >= 11 is 0. The van der Waals surface area contributed by atoms with E-state index in [0.29, 0.717) is 12.2 Å². The van der Waals surface area contributed by atoms with E-state index >= 15 is 0 Å². The number of carbonyl (C=O) groups excluding carboxylic acids is 2. The van der Waals surface area contributed by atoms with Crippen LogP contribution in [0.4, 0.5) is 5.69 Å². The summed E-state index contributed by atoms with van der Waals surface area (Å²) in [6.45, 7) is 2.23. The van der Waals surface area contributed by atoms with E-state index in [0.717, 1.165) is 5.56 Å². The lowest BCUT2D eigenvalue weighted by Gasteiger charge is -2.06. The molecule has 0 saturated carbocycles. The molecule has 2 N–H and O–H groups in total. The maximum Gasteiger partial charge on any atom is 0.291 e. The highest BCUT2D eigenvalue weighted by Crippen LogP contribution is 2.11. The van der Waals surface area contributed by atoms with Gasteiger partial charge < -0.3 is 15.1 Å². The third-order valence-electron chi connectivity index (χ3n) is 2.74. The Bertz CT molecular complexity index is 628. The van der Waals surface area contributed by atoms with Crippen LogP contribution in [0.15, 0.2) is 59.2 Å². The third-order valence-corrected chi connectivity index (χ3v) is 2.74. The van der Waals surface area contributed by atoms with Gasteiger partial charge in [-0.25, -0.2) is 0 Å². The lowest BCUT2D eigenvalue weighted by Crippen LogP contribution is -2.20. The van der Waals surface area contributed by atoms with E-state index in [2.05, 4.69) is 10.6 Å². The molecule has 5 nitrogen and oxygen atoms in total. The summed E-state index contributed by atoms with van der Waals surface area (Å²) in [6, 6.07) is 10.5. The van der Waals surface area contributed by atoms with Crippen LogP contribution in [-0.4, -0.2) is 11.8 Å². The molecule has 2 aromatic rings. The summed E-state index contributed by atoms with van der Waals surface area (Å²) < 4.78 is 5.01. The molecule has 1 aromatic carbocycles. The van der Waals surface area contributed by atoms with Gasteiger partial charge in [0.15, 0.2) is 5.76 Å². The van der Waals surface area contributed by atoms with Gasteiger partial charge in [0.25, 0.3) is 5.91 Å². The molecule has 21 heavy (non-hydrogen) atoms. The van der Waals surface area contributed by atoms with Crippen molar-refractivity contribution >= 4 is 17.5 Å². The Kier molecular flexibility index (Phi) is 4.93. The predicted molar refractivity (Wildman–Crippen MR) is 79.8 cm³/mol. The van der Waals surface area contributed by atoms with Crippen LogP contribution in [0.1, 0.15) is 23.0 Å². The SMILES string of the molecule is C/C=C/C(=O)NCc1ccc(NC(=O)c2ccco2)cc1. The number of hydrogen-bond acceptors (Lipinski definition) is 3. The number of rotatable bonds is 5. The monoisotopic (exact) mass is 284 g/mol. The molecule has 2 amide bonds. The first-order chi connectivity index (χ1) is 10.2. The predicted octanol–water partition coefficient (Wildman–Crippen LogP) is 2.72. The molecule has 0 spiro atoms. The van der Waals surface area contributed by atoms with Crippen LogP contribution in [0.5, 0.6) is 0 Å². The van der Waals surface area contributed by atoms with Gasteiger partial charge in [-0.1, -0.05) is 18.2 Å². The normalized spacial score (nSPS) is 10.5. The average molecular weight is 284 g/mol. The Morgan fingerprint density at radius 1 is 1.19 bits per heavy atom. The second kappa shape index (κ2) is 7.09. The van der Waals surface area contributed by atoms with Crippen molar-refractivity contribution in [2.45, 2.75) is 13.5 Å². The molecule has 0 bridgehead atoms. The number of amides is 2. The first-order valence-corrected chi connectivity index (χ1v) is 6.53. The van der Waals surface area contributed by atoms with Gasteiger partial charge in [0, 0.05) is 12.2 Å². The summed E-state index contributed by atoms with van der Waals surface area (Å²) in [5, 5.41) is 5.48. The van der Waals surface area contributed by atoms with Gasteiger partial charge in [0.1, 0.15) is 0 Å². The number of anilines is 1. The van der Waals surface area contributed by atoms with Crippen molar-refractivity contribution in [3.8, 4) is 0 Å². The van der Waals surface area contributed by atoms with E-state index in [4.69, 9.17) is 4.42 Å². The fourth-order valence-corrected chi connectivity index (χ4v) is 1.71. The molecule has 0 radical (unpaired) electrons. The first kappa shape index (κ1) is 14.6. The van der Waals surface area contributed by atoms with E-state index in [1.807, 2.05) is 12.1 Å². The van der Waals surface area contributed by atoms with E-state index in [1.165, 1.54) is 12.3 Å². The summed E-state index contributed by atoms with van der Waals surface area (Å²) in [4.78, 5) is 23.1. The van der Waals surface area contributed by atoms with Crippen LogP contribution >= 0.6 is 0 Å². The van der Waals surface area contributed by atoms with Gasteiger partial charge >= 0.3 is 0 Å². The highest BCUT2D eigenvalue weighted by Gasteiger charge is 2.08. The number of hydrogen-bond donors (Lipinski definition) is 2. The number of allylic oxidation sites excluding steroid dienone is 1. The van der Waals surface area contributed by atoms with Gasteiger partial charge in [0.05, 0.1) is 6.26 Å².